The van der Waals surface area contributed by atoms with Crippen LogP contribution in [0.4, 0.5) is 8.78 Å². The molecule has 1 aliphatic rings. The lowest BCUT2D eigenvalue weighted by atomic mass is 9.89. The summed E-state index contributed by atoms with van der Waals surface area (Å²) in [5.41, 5.74) is 2.93. The highest BCUT2D eigenvalue weighted by atomic mass is 35.5. The third kappa shape index (κ3) is 6.09. The second-order valence-electron chi connectivity index (χ2n) is 10.1. The molecule has 10 heteroatoms. The first-order valence-electron chi connectivity index (χ1n) is 13.3. The molecule has 1 fully saturated rings. The Hall–Kier alpha value is -2.36. The normalized spacial score (nSPS) is 17.3. The van der Waals surface area contributed by atoms with Gasteiger partial charge >= 0.3 is 0 Å². The summed E-state index contributed by atoms with van der Waals surface area (Å²) >= 11 is 15.4. The number of nitrogens with zero attached hydrogens (tertiary/aromatic N) is 2. The van der Waals surface area contributed by atoms with Crippen LogP contribution in [0, 0.1) is 11.6 Å². The number of carbonyl (C=O) groups is 1. The van der Waals surface area contributed by atoms with Crippen LogP contribution in [0.2, 0.25) is 5.02 Å². The maximum atomic E-state index is 14.7. The molecule has 4 nitrogen and oxygen atoms in total. The van der Waals surface area contributed by atoms with Crippen LogP contribution in [0.3, 0.4) is 0 Å². The highest BCUT2D eigenvalue weighted by Crippen LogP contribution is 2.41. The highest BCUT2D eigenvalue weighted by Gasteiger charge is 2.34. The van der Waals surface area contributed by atoms with Crippen LogP contribution in [-0.2, 0) is 6.54 Å². The van der Waals surface area contributed by atoms with Crippen LogP contribution >= 0.6 is 46.5 Å². The number of carbonyl (C=O) groups excluding carboxylic acids is 1. The summed E-state index contributed by atoms with van der Waals surface area (Å²) in [5, 5.41) is -0.110. The first-order chi connectivity index (χ1) is 19.7. The molecular weight excluding hydrogens is 605 g/mol. The number of thioether (sulfide) groups is 1. The molecule has 0 aliphatic heterocycles. The summed E-state index contributed by atoms with van der Waals surface area (Å²) in [7, 11) is 3.45. The molecule has 1 aliphatic carbocycles. The van der Waals surface area contributed by atoms with Crippen LogP contribution in [0.1, 0.15) is 40.9 Å². The molecule has 0 radical (unpaired) electrons. The van der Waals surface area contributed by atoms with Crippen molar-refractivity contribution in [2.45, 2.75) is 49.2 Å². The van der Waals surface area contributed by atoms with E-state index in [1.54, 1.807) is 28.2 Å². The van der Waals surface area contributed by atoms with Gasteiger partial charge in [0.2, 0.25) is 0 Å². The van der Waals surface area contributed by atoms with Crippen LogP contribution in [0.15, 0.2) is 59.5 Å². The average molecular weight is 636 g/mol. The van der Waals surface area contributed by atoms with Crippen molar-refractivity contribution in [2.75, 3.05) is 20.4 Å². The van der Waals surface area contributed by atoms with Crippen molar-refractivity contribution in [1.29, 1.82) is 0 Å². The highest BCUT2D eigenvalue weighted by molar-refractivity contribution is 7.98. The predicted octanol–water partition coefficient (Wildman–Crippen LogP) is 9.27. The first-order valence-corrected chi connectivity index (χ1v) is 16.0. The molecule has 4 aromatic rings. The Kier molecular flexibility index (Phi) is 9.46. The van der Waals surface area contributed by atoms with Crippen molar-refractivity contribution >= 4 is 62.5 Å². The quantitative estimate of drug-likeness (QED) is 0.143. The molecular formula is C31H30Cl2F2N2O2S2. The Bertz CT molecular complexity index is 1570. The third-order valence-corrected chi connectivity index (χ3v) is 10.5. The van der Waals surface area contributed by atoms with Gasteiger partial charge in [-0.05, 0) is 85.2 Å². The number of benzene rings is 3. The van der Waals surface area contributed by atoms with Gasteiger partial charge in [0.1, 0.15) is 22.3 Å². The predicted molar refractivity (Wildman–Crippen MR) is 166 cm³/mol. The number of hydrogen-bond acceptors (Lipinski definition) is 5. The Morgan fingerprint density at radius 2 is 1.73 bits per heavy atom. The summed E-state index contributed by atoms with van der Waals surface area (Å²) in [6, 6.07) is 16.3. The second-order valence-corrected chi connectivity index (χ2v) is 12.9. The van der Waals surface area contributed by atoms with E-state index in [-0.39, 0.29) is 44.5 Å². The second kappa shape index (κ2) is 12.9. The van der Waals surface area contributed by atoms with Crippen molar-refractivity contribution in [3.63, 3.8) is 0 Å². The number of hydrogen-bond donors (Lipinski definition) is 0. The molecule has 3 aromatic carbocycles. The molecule has 1 saturated carbocycles. The summed E-state index contributed by atoms with van der Waals surface area (Å²) in [6.45, 7) is 0.249. The fraction of sp³-hybridized carbons (Fsp3) is 0.323. The van der Waals surface area contributed by atoms with Crippen molar-refractivity contribution in [3.05, 3.63) is 81.7 Å². The topological polar surface area (TPSA) is 32.8 Å². The standard InChI is InChI=1S/C31H30Cl2F2N2O2S2/c1-36(33)20-9-11-21(12-10-20)37(31(38)30-28(32)27-23(34)13-14-24(35)29(27)41-30)17-19-16-18(8-15-25(19)39-2)22-6-4-5-7-26(22)40-3/h4-8,13-16,20-21H,9-12,17H2,1-3H3. The van der Waals surface area contributed by atoms with Crippen LogP contribution in [-0.4, -0.2) is 47.7 Å². The maximum Gasteiger partial charge on any atom is 0.266 e. The van der Waals surface area contributed by atoms with Gasteiger partial charge in [-0.15, -0.1) is 23.1 Å². The van der Waals surface area contributed by atoms with Gasteiger partial charge in [0.25, 0.3) is 5.91 Å². The van der Waals surface area contributed by atoms with Gasteiger partial charge in [0, 0.05) is 36.1 Å². The van der Waals surface area contributed by atoms with E-state index in [1.165, 1.54) is 0 Å². The summed E-state index contributed by atoms with van der Waals surface area (Å²) in [4.78, 5) is 17.3. The van der Waals surface area contributed by atoms with Crippen molar-refractivity contribution in [3.8, 4) is 16.9 Å². The van der Waals surface area contributed by atoms with E-state index in [0.717, 1.165) is 70.7 Å². The van der Waals surface area contributed by atoms with E-state index in [1.807, 2.05) is 37.6 Å². The Morgan fingerprint density at radius 3 is 2.39 bits per heavy atom. The van der Waals surface area contributed by atoms with Gasteiger partial charge in [-0.3, -0.25) is 4.79 Å². The zero-order valence-corrected chi connectivity index (χ0v) is 26.1. The van der Waals surface area contributed by atoms with Gasteiger partial charge in [0.15, 0.2) is 0 Å². The molecule has 0 spiro atoms. The molecule has 0 bridgehead atoms. The number of amides is 1. The molecule has 0 saturated heterocycles. The average Bonchev–Trinajstić information content (AvgIpc) is 3.35. The zero-order chi connectivity index (χ0) is 29.3. The molecule has 1 amide bonds. The fourth-order valence-corrected chi connectivity index (χ4v) is 7.92. The van der Waals surface area contributed by atoms with Crippen LogP contribution < -0.4 is 4.74 Å². The zero-order valence-electron chi connectivity index (χ0n) is 22.9. The minimum atomic E-state index is -0.652. The monoisotopic (exact) mass is 634 g/mol. The largest absolute Gasteiger partial charge is 0.496 e. The molecule has 0 N–H and O–H groups in total. The summed E-state index contributed by atoms with van der Waals surface area (Å²) in [5.74, 6) is -0.955. The fourth-order valence-electron chi connectivity index (χ4n) is 5.59. The number of rotatable bonds is 8. The van der Waals surface area contributed by atoms with Crippen LogP contribution in [0.5, 0.6) is 5.75 Å². The maximum absolute atomic E-state index is 14.7. The van der Waals surface area contributed by atoms with E-state index in [2.05, 4.69) is 18.2 Å². The minimum Gasteiger partial charge on any atom is -0.496 e. The van der Waals surface area contributed by atoms with Gasteiger partial charge in [-0.1, -0.05) is 35.9 Å². The minimum absolute atomic E-state index is 0.0408. The number of ether oxygens (including phenoxy) is 1. The smallest absolute Gasteiger partial charge is 0.266 e. The first kappa shape index (κ1) is 30.1. The molecule has 0 atom stereocenters. The molecule has 1 aromatic heterocycles. The van der Waals surface area contributed by atoms with E-state index in [4.69, 9.17) is 28.1 Å². The van der Waals surface area contributed by atoms with Gasteiger partial charge < -0.3 is 9.64 Å². The lowest BCUT2D eigenvalue weighted by Crippen LogP contribution is -2.44. The van der Waals surface area contributed by atoms with E-state index >= 15 is 0 Å². The Balaban J connectivity index is 1.57. The molecule has 0 unspecified atom stereocenters. The van der Waals surface area contributed by atoms with Gasteiger partial charge in [-0.2, -0.15) is 0 Å². The van der Waals surface area contributed by atoms with Gasteiger partial charge in [0.05, 0.1) is 22.2 Å². The number of fused-ring (bicyclic) bond motifs is 1. The van der Waals surface area contributed by atoms with E-state index in [9.17, 15) is 13.6 Å². The number of methoxy groups -OCH3 is 1. The van der Waals surface area contributed by atoms with Crippen molar-refractivity contribution in [1.82, 2.24) is 9.32 Å². The lowest BCUT2D eigenvalue weighted by Gasteiger charge is -2.38. The van der Waals surface area contributed by atoms with Crippen molar-refractivity contribution in [2.24, 2.45) is 0 Å². The summed E-state index contributed by atoms with van der Waals surface area (Å²) < 4.78 is 36.8. The van der Waals surface area contributed by atoms with Crippen molar-refractivity contribution < 1.29 is 18.3 Å². The van der Waals surface area contributed by atoms with E-state index in [0.29, 0.717) is 5.75 Å². The number of halogens is 4. The molecule has 5 rings (SSSR count). The van der Waals surface area contributed by atoms with E-state index < -0.39 is 11.6 Å². The SMILES string of the molecule is COc1ccc(-c2ccccc2SC)cc1CN(C(=O)c1sc2c(F)ccc(F)c2c1Cl)C1CCC(N(C)Cl)CC1. The summed E-state index contributed by atoms with van der Waals surface area (Å²) in [6.07, 6.45) is 5.14. The van der Waals surface area contributed by atoms with Crippen LogP contribution in [0.25, 0.3) is 21.2 Å². The Labute approximate surface area is 257 Å². The van der Waals surface area contributed by atoms with Gasteiger partial charge in [-0.25, -0.2) is 13.2 Å². The Morgan fingerprint density at radius 1 is 1.05 bits per heavy atom. The third-order valence-electron chi connectivity index (χ3n) is 7.79. The molecule has 41 heavy (non-hydrogen) atoms. The molecule has 1 heterocycles. The lowest BCUT2D eigenvalue weighted by molar-refractivity contribution is 0.0589. The number of thiophene rings is 1. The molecule has 216 valence electrons.